The Bertz CT molecular complexity index is 776. The summed E-state index contributed by atoms with van der Waals surface area (Å²) in [6, 6.07) is 0.0753. The summed E-state index contributed by atoms with van der Waals surface area (Å²) in [5, 5.41) is 9.58. The molecule has 0 aromatic carbocycles. The van der Waals surface area contributed by atoms with Gasteiger partial charge in [-0.2, -0.15) is 4.98 Å². The van der Waals surface area contributed by atoms with Crippen molar-refractivity contribution in [1.82, 2.24) is 14.9 Å². The number of hydrogen-bond donors (Lipinski definition) is 2. The third kappa shape index (κ3) is 2.99. The van der Waals surface area contributed by atoms with Crippen LogP contribution in [0.5, 0.6) is 0 Å². The van der Waals surface area contributed by atoms with E-state index in [1.165, 1.54) is 44.1 Å². The maximum atomic E-state index is 11.7. The zero-order valence-electron chi connectivity index (χ0n) is 16.6. The Hall–Kier alpha value is -2.05. The summed E-state index contributed by atoms with van der Waals surface area (Å²) >= 11 is 0. The minimum absolute atomic E-state index is 0.0753. The molecular weight excluding hydrogens is 354 g/mol. The maximum absolute atomic E-state index is 11.7. The number of anilines is 2. The second-order valence-electron chi connectivity index (χ2n) is 9.42. The molecular formula is C21H31N5O2. The molecule has 1 spiro atoms. The Morgan fingerprint density at radius 2 is 1.93 bits per heavy atom. The Morgan fingerprint density at radius 1 is 1.11 bits per heavy atom. The Kier molecular flexibility index (Phi) is 4.36. The van der Waals surface area contributed by atoms with Crippen LogP contribution in [-0.2, 0) is 12.8 Å². The van der Waals surface area contributed by atoms with Crippen LogP contribution in [0.1, 0.15) is 62.6 Å². The van der Waals surface area contributed by atoms with Gasteiger partial charge >= 0.3 is 6.09 Å². The lowest BCUT2D eigenvalue weighted by Gasteiger charge is -2.41. The van der Waals surface area contributed by atoms with Crippen molar-refractivity contribution in [3.05, 3.63) is 11.3 Å². The van der Waals surface area contributed by atoms with E-state index in [1.54, 1.807) is 4.90 Å². The summed E-state index contributed by atoms with van der Waals surface area (Å²) in [5.74, 6) is 1.74. The van der Waals surface area contributed by atoms with Crippen molar-refractivity contribution in [1.29, 1.82) is 0 Å². The van der Waals surface area contributed by atoms with Crippen molar-refractivity contribution in [2.24, 2.45) is 11.3 Å². The number of hydrogen-bond acceptors (Lipinski definition) is 5. The topological polar surface area (TPSA) is 95.6 Å². The standard InChI is InChI=1S/C21H31N5O2/c22-19-23-16-11-21(7-2-1-3-8-21)9-6-15(16)18(24-19)25-12-14-5-4-10-26(20(27)28)17(14)13-25/h14,17H,1-13H2,(H,27,28)(H2,22,23,24)/t14-,17+/m1/s1. The van der Waals surface area contributed by atoms with Crippen LogP contribution in [0.3, 0.4) is 0 Å². The molecule has 4 aliphatic rings. The van der Waals surface area contributed by atoms with E-state index in [0.29, 0.717) is 23.8 Å². The average molecular weight is 386 g/mol. The summed E-state index contributed by atoms with van der Waals surface area (Å²) in [6.45, 7) is 2.25. The summed E-state index contributed by atoms with van der Waals surface area (Å²) in [6.07, 6.45) is 11.2. The molecule has 2 atom stereocenters. The smallest absolute Gasteiger partial charge is 0.407 e. The minimum Gasteiger partial charge on any atom is -0.465 e. The lowest BCUT2D eigenvalue weighted by atomic mass is 9.65. The van der Waals surface area contributed by atoms with Gasteiger partial charge in [0, 0.05) is 25.2 Å². The van der Waals surface area contributed by atoms with Gasteiger partial charge < -0.3 is 20.6 Å². The zero-order chi connectivity index (χ0) is 19.3. The number of nitrogens with two attached hydrogens (primary N) is 1. The molecule has 0 radical (unpaired) electrons. The molecule has 28 heavy (non-hydrogen) atoms. The summed E-state index contributed by atoms with van der Waals surface area (Å²) in [5.41, 5.74) is 8.98. The number of amides is 1. The Labute approximate surface area is 166 Å². The first-order valence-corrected chi connectivity index (χ1v) is 10.9. The quantitative estimate of drug-likeness (QED) is 0.771. The van der Waals surface area contributed by atoms with E-state index in [9.17, 15) is 9.90 Å². The molecule has 3 N–H and O–H groups in total. The highest BCUT2D eigenvalue weighted by Gasteiger charge is 2.43. The fourth-order valence-electron chi connectivity index (χ4n) is 6.35. The molecule has 3 fully saturated rings. The van der Waals surface area contributed by atoms with Crippen LogP contribution < -0.4 is 10.6 Å². The maximum Gasteiger partial charge on any atom is 0.407 e. The molecule has 7 heteroatoms. The van der Waals surface area contributed by atoms with Crippen molar-refractivity contribution in [2.75, 3.05) is 30.3 Å². The van der Waals surface area contributed by atoms with Crippen molar-refractivity contribution in [2.45, 2.75) is 70.3 Å². The van der Waals surface area contributed by atoms with E-state index in [-0.39, 0.29) is 6.04 Å². The molecule has 1 aromatic rings. The zero-order valence-corrected chi connectivity index (χ0v) is 16.6. The monoisotopic (exact) mass is 385 g/mol. The summed E-state index contributed by atoms with van der Waals surface area (Å²) in [7, 11) is 0. The van der Waals surface area contributed by atoms with E-state index in [1.807, 2.05) is 0 Å². The average Bonchev–Trinajstić information content (AvgIpc) is 3.11. The molecule has 152 valence electrons. The lowest BCUT2D eigenvalue weighted by Crippen LogP contribution is -2.47. The molecule has 0 unspecified atom stereocenters. The number of nitrogen functional groups attached to an aromatic ring is 1. The van der Waals surface area contributed by atoms with Crippen LogP contribution in [0.25, 0.3) is 0 Å². The highest BCUT2D eigenvalue weighted by Crippen LogP contribution is 2.47. The fraction of sp³-hybridized carbons (Fsp3) is 0.762. The number of nitrogens with zero attached hydrogens (tertiary/aromatic N) is 4. The molecule has 1 saturated carbocycles. The number of rotatable bonds is 1. The third-order valence-electron chi connectivity index (χ3n) is 7.78. The molecule has 3 heterocycles. The van der Waals surface area contributed by atoms with Crippen LogP contribution in [0.15, 0.2) is 0 Å². The minimum atomic E-state index is -0.792. The number of fused-ring (bicyclic) bond motifs is 2. The van der Waals surface area contributed by atoms with Gasteiger partial charge in [-0.05, 0) is 56.3 Å². The number of aromatic nitrogens is 2. The molecule has 1 amide bonds. The van der Waals surface area contributed by atoms with Crippen molar-refractivity contribution >= 4 is 17.9 Å². The Balaban J connectivity index is 1.43. The first kappa shape index (κ1) is 18.0. The van der Waals surface area contributed by atoms with Gasteiger partial charge in [0.25, 0.3) is 0 Å². The van der Waals surface area contributed by atoms with E-state index >= 15 is 0 Å². The van der Waals surface area contributed by atoms with Crippen LogP contribution in [0.4, 0.5) is 16.6 Å². The highest BCUT2D eigenvalue weighted by atomic mass is 16.4. The summed E-state index contributed by atoms with van der Waals surface area (Å²) in [4.78, 5) is 24.9. The number of carboxylic acid groups (broad SMARTS) is 1. The van der Waals surface area contributed by atoms with Gasteiger partial charge in [-0.1, -0.05) is 19.3 Å². The number of carbonyl (C=O) groups is 1. The van der Waals surface area contributed by atoms with Gasteiger partial charge in [-0.15, -0.1) is 0 Å². The fourth-order valence-corrected chi connectivity index (χ4v) is 6.35. The number of likely N-dealkylation sites (tertiary alicyclic amines) is 1. The van der Waals surface area contributed by atoms with Crippen LogP contribution in [0, 0.1) is 11.3 Å². The first-order chi connectivity index (χ1) is 13.5. The van der Waals surface area contributed by atoms with Crippen LogP contribution >= 0.6 is 0 Å². The van der Waals surface area contributed by atoms with Gasteiger partial charge in [-0.3, -0.25) is 0 Å². The predicted octanol–water partition coefficient (Wildman–Crippen LogP) is 3.08. The van der Waals surface area contributed by atoms with Crippen molar-refractivity contribution < 1.29 is 9.90 Å². The predicted molar refractivity (Wildman–Crippen MR) is 107 cm³/mol. The van der Waals surface area contributed by atoms with Gasteiger partial charge in [0.15, 0.2) is 0 Å². The first-order valence-electron chi connectivity index (χ1n) is 10.9. The molecule has 2 aliphatic carbocycles. The highest BCUT2D eigenvalue weighted by molar-refractivity contribution is 5.66. The van der Waals surface area contributed by atoms with Gasteiger partial charge in [0.05, 0.1) is 11.7 Å². The molecule has 0 bridgehead atoms. The molecule has 7 nitrogen and oxygen atoms in total. The summed E-state index contributed by atoms with van der Waals surface area (Å²) < 4.78 is 0. The van der Waals surface area contributed by atoms with Crippen molar-refractivity contribution in [3.63, 3.8) is 0 Å². The number of piperidine rings is 1. The normalized spacial score (nSPS) is 28.9. The van der Waals surface area contributed by atoms with Crippen LogP contribution in [-0.4, -0.2) is 51.7 Å². The van der Waals surface area contributed by atoms with Crippen LogP contribution in [0.2, 0.25) is 0 Å². The van der Waals surface area contributed by atoms with E-state index in [2.05, 4.69) is 14.9 Å². The van der Waals surface area contributed by atoms with E-state index in [0.717, 1.165) is 50.3 Å². The van der Waals surface area contributed by atoms with Crippen molar-refractivity contribution in [3.8, 4) is 0 Å². The largest absolute Gasteiger partial charge is 0.465 e. The Morgan fingerprint density at radius 3 is 2.71 bits per heavy atom. The van der Waals surface area contributed by atoms with Gasteiger partial charge in [0.1, 0.15) is 5.82 Å². The third-order valence-corrected chi connectivity index (χ3v) is 7.78. The molecule has 1 aromatic heterocycles. The van der Waals surface area contributed by atoms with E-state index < -0.39 is 6.09 Å². The van der Waals surface area contributed by atoms with E-state index in [4.69, 9.17) is 5.73 Å². The van der Waals surface area contributed by atoms with Gasteiger partial charge in [0.2, 0.25) is 5.95 Å². The molecule has 5 rings (SSSR count). The SMILES string of the molecule is Nc1nc2c(c(N3C[C@H]4CCCN(C(=O)O)[C@H]4C3)n1)CCC1(CCCCC1)C2. The second kappa shape index (κ2) is 6.78. The second-order valence-corrected chi connectivity index (χ2v) is 9.42. The lowest BCUT2D eigenvalue weighted by molar-refractivity contribution is 0.0965. The molecule has 2 saturated heterocycles. The van der Waals surface area contributed by atoms with Gasteiger partial charge in [-0.25, -0.2) is 9.78 Å². The molecule has 2 aliphatic heterocycles.